The summed E-state index contributed by atoms with van der Waals surface area (Å²) >= 11 is 0. The van der Waals surface area contributed by atoms with Crippen LogP contribution in [0.15, 0.2) is 0 Å². The van der Waals surface area contributed by atoms with Crippen LogP contribution in [-0.4, -0.2) is 22.4 Å². The van der Waals surface area contributed by atoms with E-state index in [-0.39, 0.29) is 12.2 Å². The monoisotopic (exact) mass is 300 g/mol. The van der Waals surface area contributed by atoms with Gasteiger partial charge in [0, 0.05) is 0 Å². The van der Waals surface area contributed by atoms with E-state index in [1.807, 2.05) is 13.8 Å². The molecule has 0 aliphatic heterocycles. The molecule has 0 aliphatic rings. The van der Waals surface area contributed by atoms with Crippen molar-refractivity contribution in [3.63, 3.8) is 0 Å². The molecule has 21 heavy (non-hydrogen) atoms. The zero-order valence-electron chi connectivity index (χ0n) is 14.7. The van der Waals surface area contributed by atoms with Crippen LogP contribution in [0.5, 0.6) is 0 Å². The first-order valence-corrected chi connectivity index (χ1v) is 9.49. The van der Waals surface area contributed by atoms with Crippen molar-refractivity contribution in [1.29, 1.82) is 0 Å². The van der Waals surface area contributed by atoms with Crippen LogP contribution in [0.4, 0.5) is 0 Å². The summed E-state index contributed by atoms with van der Waals surface area (Å²) in [4.78, 5) is 0. The largest absolute Gasteiger partial charge is 0.393 e. The van der Waals surface area contributed by atoms with Crippen LogP contribution < -0.4 is 0 Å². The van der Waals surface area contributed by atoms with Crippen molar-refractivity contribution in [1.82, 2.24) is 0 Å². The first-order valence-electron chi connectivity index (χ1n) is 9.49. The van der Waals surface area contributed by atoms with Gasteiger partial charge < -0.3 is 10.2 Å². The molecule has 0 spiro atoms. The predicted octanol–water partition coefficient (Wildman–Crippen LogP) is 5.60. The second-order valence-electron chi connectivity index (χ2n) is 6.87. The highest BCUT2D eigenvalue weighted by molar-refractivity contribution is 4.52. The van der Waals surface area contributed by atoms with E-state index in [0.717, 1.165) is 12.8 Å². The Labute approximate surface area is 133 Å². The minimum absolute atomic E-state index is 0.114. The molecule has 0 radical (unpaired) electrons. The van der Waals surface area contributed by atoms with Crippen molar-refractivity contribution in [2.75, 3.05) is 0 Å². The second-order valence-corrected chi connectivity index (χ2v) is 6.87. The van der Waals surface area contributed by atoms with Gasteiger partial charge in [-0.15, -0.1) is 0 Å². The van der Waals surface area contributed by atoms with Crippen LogP contribution in [0.3, 0.4) is 0 Å². The molecular weight excluding hydrogens is 260 g/mol. The highest BCUT2D eigenvalue weighted by Gasteiger charge is 1.97. The number of rotatable bonds is 16. The molecule has 0 fully saturated rings. The quantitative estimate of drug-likeness (QED) is 0.364. The lowest BCUT2D eigenvalue weighted by Crippen LogP contribution is -1.98. The molecule has 2 heteroatoms. The fourth-order valence-corrected chi connectivity index (χ4v) is 2.82. The predicted molar refractivity (Wildman–Crippen MR) is 92.6 cm³/mol. The van der Waals surface area contributed by atoms with Gasteiger partial charge in [-0.2, -0.15) is 0 Å². The molecule has 0 bridgehead atoms. The molecule has 0 heterocycles. The minimum atomic E-state index is -0.114. The topological polar surface area (TPSA) is 40.5 Å². The van der Waals surface area contributed by atoms with E-state index in [1.165, 1.54) is 83.5 Å². The third kappa shape index (κ3) is 19.9. The molecule has 0 aromatic heterocycles. The van der Waals surface area contributed by atoms with Gasteiger partial charge in [-0.05, 0) is 26.7 Å². The molecule has 0 saturated heterocycles. The lowest BCUT2D eigenvalue weighted by atomic mass is 10.0. The molecule has 0 rings (SSSR count). The molecule has 0 aromatic carbocycles. The Bertz CT molecular complexity index is 170. The van der Waals surface area contributed by atoms with Gasteiger partial charge in [-0.25, -0.2) is 0 Å². The van der Waals surface area contributed by atoms with E-state index >= 15 is 0 Å². The number of aliphatic hydroxyl groups excluding tert-OH is 2. The highest BCUT2D eigenvalue weighted by Crippen LogP contribution is 2.14. The summed E-state index contributed by atoms with van der Waals surface area (Å²) in [5.41, 5.74) is 0. The van der Waals surface area contributed by atoms with E-state index in [1.54, 1.807) is 0 Å². The Morgan fingerprint density at radius 1 is 0.429 bits per heavy atom. The van der Waals surface area contributed by atoms with Crippen molar-refractivity contribution in [2.45, 2.75) is 122 Å². The van der Waals surface area contributed by atoms with Gasteiger partial charge in [0.2, 0.25) is 0 Å². The smallest absolute Gasteiger partial charge is 0.0512 e. The molecule has 2 nitrogen and oxygen atoms in total. The van der Waals surface area contributed by atoms with Crippen LogP contribution in [-0.2, 0) is 0 Å². The van der Waals surface area contributed by atoms with Gasteiger partial charge in [0.1, 0.15) is 0 Å². The van der Waals surface area contributed by atoms with E-state index < -0.39 is 0 Å². The maximum absolute atomic E-state index is 9.16. The summed E-state index contributed by atoms with van der Waals surface area (Å²) in [7, 11) is 0. The molecule has 0 saturated carbocycles. The zero-order chi connectivity index (χ0) is 15.8. The van der Waals surface area contributed by atoms with E-state index in [0.29, 0.717) is 0 Å². The van der Waals surface area contributed by atoms with Gasteiger partial charge >= 0.3 is 0 Å². The van der Waals surface area contributed by atoms with Gasteiger partial charge in [0.15, 0.2) is 0 Å². The lowest BCUT2D eigenvalue weighted by molar-refractivity contribution is 0.180. The molecular formula is C19H40O2. The third-order valence-corrected chi connectivity index (χ3v) is 4.24. The average molecular weight is 301 g/mol. The molecule has 2 unspecified atom stereocenters. The van der Waals surface area contributed by atoms with Crippen LogP contribution >= 0.6 is 0 Å². The Morgan fingerprint density at radius 3 is 0.810 bits per heavy atom. The summed E-state index contributed by atoms with van der Waals surface area (Å²) < 4.78 is 0. The van der Waals surface area contributed by atoms with Crippen molar-refractivity contribution in [2.24, 2.45) is 0 Å². The average Bonchev–Trinajstić information content (AvgIpc) is 2.42. The zero-order valence-corrected chi connectivity index (χ0v) is 14.7. The number of aliphatic hydroxyl groups is 2. The molecule has 0 amide bonds. The van der Waals surface area contributed by atoms with E-state index in [4.69, 9.17) is 10.2 Å². The summed E-state index contributed by atoms with van der Waals surface area (Å²) in [6.07, 6.45) is 19.1. The van der Waals surface area contributed by atoms with Crippen LogP contribution in [0.2, 0.25) is 0 Å². The van der Waals surface area contributed by atoms with E-state index in [2.05, 4.69) is 0 Å². The third-order valence-electron chi connectivity index (χ3n) is 4.24. The van der Waals surface area contributed by atoms with Crippen LogP contribution in [0.1, 0.15) is 110 Å². The van der Waals surface area contributed by atoms with Crippen LogP contribution in [0, 0.1) is 0 Å². The summed E-state index contributed by atoms with van der Waals surface area (Å²) in [5.74, 6) is 0. The normalized spacial score (nSPS) is 14.3. The van der Waals surface area contributed by atoms with E-state index in [9.17, 15) is 0 Å². The first-order chi connectivity index (χ1) is 10.1. The van der Waals surface area contributed by atoms with Gasteiger partial charge in [0.25, 0.3) is 0 Å². The van der Waals surface area contributed by atoms with Crippen molar-refractivity contribution < 1.29 is 10.2 Å². The Hall–Kier alpha value is -0.0800. The maximum atomic E-state index is 9.16. The molecule has 128 valence electrons. The number of hydrogen-bond donors (Lipinski definition) is 2. The van der Waals surface area contributed by atoms with Crippen molar-refractivity contribution in [3.8, 4) is 0 Å². The van der Waals surface area contributed by atoms with Gasteiger partial charge in [-0.3, -0.25) is 0 Å². The first kappa shape index (κ1) is 20.9. The van der Waals surface area contributed by atoms with Crippen LogP contribution in [0.25, 0.3) is 0 Å². The SMILES string of the molecule is CC(O)CCCCCCCCCCCCCCCC(C)O. The Kier molecular flexibility index (Phi) is 16.2. The molecule has 2 N–H and O–H groups in total. The standard InChI is InChI=1S/C19H40O2/c1-18(20)16-14-12-10-8-6-4-3-5-7-9-11-13-15-17-19(2)21/h18-21H,3-17H2,1-2H3. The fraction of sp³-hybridized carbons (Fsp3) is 1.00. The Balaban J connectivity index is 2.96. The van der Waals surface area contributed by atoms with Crippen molar-refractivity contribution in [3.05, 3.63) is 0 Å². The van der Waals surface area contributed by atoms with Crippen molar-refractivity contribution >= 4 is 0 Å². The number of hydrogen-bond acceptors (Lipinski definition) is 2. The summed E-state index contributed by atoms with van der Waals surface area (Å²) in [6.45, 7) is 3.76. The Morgan fingerprint density at radius 2 is 0.619 bits per heavy atom. The second kappa shape index (κ2) is 16.3. The fourth-order valence-electron chi connectivity index (χ4n) is 2.82. The van der Waals surface area contributed by atoms with Gasteiger partial charge in [-0.1, -0.05) is 83.5 Å². The lowest BCUT2D eigenvalue weighted by Gasteiger charge is -2.05. The molecule has 0 aliphatic carbocycles. The molecule has 2 atom stereocenters. The molecule has 0 aromatic rings. The summed E-state index contributed by atoms with van der Waals surface area (Å²) in [5, 5.41) is 18.3. The maximum Gasteiger partial charge on any atom is 0.0512 e. The van der Waals surface area contributed by atoms with Gasteiger partial charge in [0.05, 0.1) is 12.2 Å². The highest BCUT2D eigenvalue weighted by atomic mass is 16.3. The summed E-state index contributed by atoms with van der Waals surface area (Å²) in [6, 6.07) is 0. The number of unbranched alkanes of at least 4 members (excludes halogenated alkanes) is 12. The minimum Gasteiger partial charge on any atom is -0.393 e.